The highest BCUT2D eigenvalue weighted by molar-refractivity contribution is 9.10. The van der Waals surface area contributed by atoms with Gasteiger partial charge in [0.05, 0.1) is 0 Å². The highest BCUT2D eigenvalue weighted by Gasteiger charge is 2.03. The van der Waals surface area contributed by atoms with E-state index >= 15 is 0 Å². The van der Waals surface area contributed by atoms with Crippen LogP contribution < -0.4 is 11.3 Å². The van der Waals surface area contributed by atoms with Crippen molar-refractivity contribution in [3.8, 4) is 12.3 Å². The summed E-state index contributed by atoms with van der Waals surface area (Å²) in [6, 6.07) is 7.50. The molecule has 0 bridgehead atoms. The molecule has 0 saturated heterocycles. The van der Waals surface area contributed by atoms with Crippen molar-refractivity contribution in [1.29, 1.82) is 0 Å². The topological polar surface area (TPSA) is 38.0 Å². The molecule has 1 aromatic carbocycles. The summed E-state index contributed by atoms with van der Waals surface area (Å²) in [6.45, 7) is 0. The van der Waals surface area contributed by atoms with Crippen molar-refractivity contribution in [3.05, 3.63) is 34.3 Å². The first-order chi connectivity index (χ1) is 5.77. The van der Waals surface area contributed by atoms with Gasteiger partial charge in [-0.1, -0.05) is 34.0 Å². The molecule has 0 aliphatic rings. The van der Waals surface area contributed by atoms with E-state index in [1.807, 2.05) is 24.3 Å². The summed E-state index contributed by atoms with van der Waals surface area (Å²) in [5.41, 5.74) is 3.53. The van der Waals surface area contributed by atoms with E-state index in [2.05, 4.69) is 27.3 Å². The Morgan fingerprint density at radius 2 is 2.00 bits per heavy atom. The smallest absolute Gasteiger partial charge is 0.106 e. The third-order valence-electron chi connectivity index (χ3n) is 1.54. The molecule has 12 heavy (non-hydrogen) atoms. The third kappa shape index (κ3) is 2.08. The molecule has 0 aliphatic carbocycles. The lowest BCUT2D eigenvalue weighted by molar-refractivity contribution is 0.673. The molecule has 0 amide bonds. The van der Waals surface area contributed by atoms with E-state index in [0.29, 0.717) is 0 Å². The minimum atomic E-state index is -0.210. The number of hydrogen-bond donors (Lipinski definition) is 2. The molecule has 0 radical (unpaired) electrons. The second-order valence-corrected chi connectivity index (χ2v) is 3.23. The Bertz CT molecular complexity index is 286. The van der Waals surface area contributed by atoms with Gasteiger partial charge in [0.25, 0.3) is 0 Å². The van der Waals surface area contributed by atoms with Crippen LogP contribution in [-0.4, -0.2) is 0 Å². The molecular formula is C9H9BrN2. The average Bonchev–Trinajstić information content (AvgIpc) is 2.10. The molecular weight excluding hydrogens is 216 g/mol. The number of nitrogens with one attached hydrogen (secondary N) is 1. The zero-order valence-electron chi connectivity index (χ0n) is 6.42. The predicted octanol–water partition coefficient (Wildman–Crippen LogP) is 1.59. The minimum absolute atomic E-state index is 0.210. The Labute approximate surface area is 80.3 Å². The summed E-state index contributed by atoms with van der Waals surface area (Å²) < 4.78 is 1.03. The van der Waals surface area contributed by atoms with Gasteiger partial charge in [-0.05, 0) is 17.7 Å². The van der Waals surface area contributed by atoms with Crippen molar-refractivity contribution in [2.75, 3.05) is 0 Å². The van der Waals surface area contributed by atoms with Gasteiger partial charge in [0.2, 0.25) is 0 Å². The molecule has 0 heterocycles. The number of nitrogens with two attached hydrogens (primary N) is 1. The summed E-state index contributed by atoms with van der Waals surface area (Å²) in [6.07, 6.45) is 5.25. The van der Waals surface area contributed by atoms with Crippen LogP contribution in [0, 0.1) is 12.3 Å². The Morgan fingerprint density at radius 3 is 2.42 bits per heavy atom. The second kappa shape index (κ2) is 4.27. The molecule has 0 aliphatic heterocycles. The SMILES string of the molecule is C#CC(NN)c1ccc(Br)cc1. The van der Waals surface area contributed by atoms with Gasteiger partial charge in [0.1, 0.15) is 6.04 Å². The van der Waals surface area contributed by atoms with Crippen LogP contribution >= 0.6 is 15.9 Å². The lowest BCUT2D eigenvalue weighted by Gasteiger charge is -2.08. The minimum Gasteiger partial charge on any atom is -0.270 e. The van der Waals surface area contributed by atoms with Crippen LogP contribution in [0.2, 0.25) is 0 Å². The number of rotatable bonds is 2. The van der Waals surface area contributed by atoms with Crippen LogP contribution in [0.25, 0.3) is 0 Å². The monoisotopic (exact) mass is 224 g/mol. The van der Waals surface area contributed by atoms with Gasteiger partial charge in [-0.15, -0.1) is 6.42 Å². The van der Waals surface area contributed by atoms with Crippen LogP contribution in [0.5, 0.6) is 0 Å². The molecule has 2 nitrogen and oxygen atoms in total. The zero-order chi connectivity index (χ0) is 8.97. The molecule has 62 valence electrons. The fraction of sp³-hybridized carbons (Fsp3) is 0.111. The van der Waals surface area contributed by atoms with Crippen molar-refractivity contribution in [1.82, 2.24) is 5.43 Å². The van der Waals surface area contributed by atoms with Crippen molar-refractivity contribution < 1.29 is 0 Å². The predicted molar refractivity (Wildman–Crippen MR) is 53.0 cm³/mol. The lowest BCUT2D eigenvalue weighted by atomic mass is 10.1. The number of benzene rings is 1. The average molecular weight is 225 g/mol. The molecule has 1 aromatic rings. The van der Waals surface area contributed by atoms with Crippen molar-refractivity contribution in [3.63, 3.8) is 0 Å². The highest BCUT2D eigenvalue weighted by atomic mass is 79.9. The molecule has 1 rings (SSSR count). The molecule has 0 spiro atoms. The Kier molecular flexibility index (Phi) is 3.30. The fourth-order valence-corrected chi connectivity index (χ4v) is 1.16. The molecule has 3 N–H and O–H groups in total. The maximum absolute atomic E-state index is 5.25. The van der Waals surface area contributed by atoms with E-state index in [1.165, 1.54) is 0 Å². The van der Waals surface area contributed by atoms with Gasteiger partial charge < -0.3 is 0 Å². The molecule has 0 fully saturated rings. The van der Waals surface area contributed by atoms with Crippen molar-refractivity contribution in [2.24, 2.45) is 5.84 Å². The van der Waals surface area contributed by atoms with E-state index < -0.39 is 0 Å². The lowest BCUT2D eigenvalue weighted by Crippen LogP contribution is -2.26. The summed E-state index contributed by atoms with van der Waals surface area (Å²) in [7, 11) is 0. The maximum Gasteiger partial charge on any atom is 0.106 e. The van der Waals surface area contributed by atoms with Crippen LogP contribution in [0.1, 0.15) is 11.6 Å². The maximum atomic E-state index is 5.25. The number of hydrogen-bond acceptors (Lipinski definition) is 2. The van der Waals surface area contributed by atoms with Crippen molar-refractivity contribution in [2.45, 2.75) is 6.04 Å². The normalized spacial score (nSPS) is 12.1. The summed E-state index contributed by atoms with van der Waals surface area (Å²) in [5, 5.41) is 0. The van der Waals surface area contributed by atoms with E-state index in [-0.39, 0.29) is 6.04 Å². The summed E-state index contributed by atoms with van der Waals surface area (Å²) in [5.74, 6) is 7.79. The number of terminal acetylenes is 1. The van der Waals surface area contributed by atoms with Crippen LogP contribution in [0.15, 0.2) is 28.7 Å². The van der Waals surface area contributed by atoms with E-state index in [1.54, 1.807) is 0 Å². The Hall–Kier alpha value is -0.820. The molecule has 1 atom stereocenters. The zero-order valence-corrected chi connectivity index (χ0v) is 8.01. The van der Waals surface area contributed by atoms with E-state index in [9.17, 15) is 0 Å². The highest BCUT2D eigenvalue weighted by Crippen LogP contribution is 2.15. The quantitative estimate of drug-likeness (QED) is 0.455. The molecule has 1 unspecified atom stereocenters. The molecule has 0 saturated carbocycles. The van der Waals surface area contributed by atoms with Crippen LogP contribution in [0.3, 0.4) is 0 Å². The first-order valence-corrected chi connectivity index (χ1v) is 4.25. The molecule has 3 heteroatoms. The van der Waals surface area contributed by atoms with Crippen molar-refractivity contribution >= 4 is 15.9 Å². The second-order valence-electron chi connectivity index (χ2n) is 2.32. The van der Waals surface area contributed by atoms with E-state index in [0.717, 1.165) is 10.0 Å². The van der Waals surface area contributed by atoms with Gasteiger partial charge in [0.15, 0.2) is 0 Å². The Balaban J connectivity index is 2.89. The largest absolute Gasteiger partial charge is 0.270 e. The van der Waals surface area contributed by atoms with E-state index in [4.69, 9.17) is 12.3 Å². The molecule has 0 aromatic heterocycles. The fourth-order valence-electron chi connectivity index (χ4n) is 0.896. The summed E-state index contributed by atoms with van der Waals surface area (Å²) in [4.78, 5) is 0. The van der Waals surface area contributed by atoms with Gasteiger partial charge in [-0.3, -0.25) is 5.84 Å². The first kappa shape index (κ1) is 9.27. The number of halogens is 1. The Morgan fingerprint density at radius 1 is 1.42 bits per heavy atom. The van der Waals surface area contributed by atoms with Gasteiger partial charge in [0, 0.05) is 4.47 Å². The standard InChI is InChI=1S/C9H9BrN2/c1-2-9(12-11)7-3-5-8(10)6-4-7/h1,3-6,9,12H,11H2. The summed E-state index contributed by atoms with van der Waals surface area (Å²) >= 11 is 3.34. The number of hydrazine groups is 1. The third-order valence-corrected chi connectivity index (χ3v) is 2.07. The van der Waals surface area contributed by atoms with Gasteiger partial charge >= 0.3 is 0 Å². The first-order valence-electron chi connectivity index (χ1n) is 3.45. The van der Waals surface area contributed by atoms with Crippen LogP contribution in [0.4, 0.5) is 0 Å². The van der Waals surface area contributed by atoms with Crippen LogP contribution in [-0.2, 0) is 0 Å². The van der Waals surface area contributed by atoms with Gasteiger partial charge in [-0.25, -0.2) is 5.43 Å². The van der Waals surface area contributed by atoms with Gasteiger partial charge in [-0.2, -0.15) is 0 Å².